The number of H-pyrrole nitrogens is 1. The number of aromatic nitrogens is 1. The maximum absolute atomic E-state index is 12.4. The van der Waals surface area contributed by atoms with E-state index in [1.807, 2.05) is 37.3 Å². The summed E-state index contributed by atoms with van der Waals surface area (Å²) in [6.45, 7) is 1.95. The van der Waals surface area contributed by atoms with Gasteiger partial charge in [0.1, 0.15) is 17.6 Å². The van der Waals surface area contributed by atoms with Gasteiger partial charge in [-0.1, -0.05) is 25.1 Å². The standard InChI is InChI=1S/C21H23N5O/c1-2-8-20(27)19(26-25-15-9-4-3-5-10-15)14-23-21-17(13-22)16-11-6-7-12-18(16)24-21/h3-5,9-10,14,24-25H,2,6-8,11-12H2,1H3. The van der Waals surface area contributed by atoms with Crippen molar-refractivity contribution in [1.29, 1.82) is 5.26 Å². The van der Waals surface area contributed by atoms with Gasteiger partial charge in [0.25, 0.3) is 0 Å². The quantitative estimate of drug-likeness (QED) is 0.568. The first-order valence-electron chi connectivity index (χ1n) is 9.32. The molecule has 2 N–H and O–H groups in total. The number of benzene rings is 1. The minimum absolute atomic E-state index is 0.0838. The number of aliphatic imine (C=N–C) groups is 1. The van der Waals surface area contributed by atoms with Crippen LogP contribution in [0.1, 0.15) is 49.4 Å². The number of Topliss-reactive ketones (excluding diaryl/α,β-unsaturated/α-hetero) is 1. The van der Waals surface area contributed by atoms with Gasteiger partial charge in [0, 0.05) is 12.1 Å². The second-order valence-electron chi connectivity index (χ2n) is 6.53. The molecule has 0 unspecified atom stereocenters. The van der Waals surface area contributed by atoms with E-state index < -0.39 is 0 Å². The van der Waals surface area contributed by atoms with Crippen molar-refractivity contribution in [3.05, 3.63) is 47.2 Å². The van der Waals surface area contributed by atoms with Crippen molar-refractivity contribution in [3.63, 3.8) is 0 Å². The Balaban J connectivity index is 1.86. The molecule has 1 heterocycles. The molecule has 1 aliphatic rings. The van der Waals surface area contributed by atoms with E-state index >= 15 is 0 Å². The van der Waals surface area contributed by atoms with Gasteiger partial charge in [0.2, 0.25) is 0 Å². The van der Waals surface area contributed by atoms with Crippen LogP contribution >= 0.6 is 0 Å². The molecule has 0 aliphatic heterocycles. The molecule has 1 aliphatic carbocycles. The van der Waals surface area contributed by atoms with E-state index in [9.17, 15) is 10.1 Å². The Bertz CT molecular complexity index is 903. The van der Waals surface area contributed by atoms with Crippen LogP contribution in [-0.2, 0) is 17.6 Å². The number of nitriles is 1. The van der Waals surface area contributed by atoms with Crippen LogP contribution in [0.3, 0.4) is 0 Å². The summed E-state index contributed by atoms with van der Waals surface area (Å²) in [7, 11) is 0. The summed E-state index contributed by atoms with van der Waals surface area (Å²) in [5, 5.41) is 13.8. The van der Waals surface area contributed by atoms with E-state index in [0.29, 0.717) is 17.8 Å². The van der Waals surface area contributed by atoms with Gasteiger partial charge in [0.05, 0.1) is 17.5 Å². The molecule has 27 heavy (non-hydrogen) atoms. The largest absolute Gasteiger partial charge is 0.342 e. The zero-order chi connectivity index (χ0) is 19.1. The average Bonchev–Trinajstić information content (AvgIpc) is 3.06. The van der Waals surface area contributed by atoms with Gasteiger partial charge < -0.3 is 4.98 Å². The highest BCUT2D eigenvalue weighted by Gasteiger charge is 2.19. The molecule has 1 aromatic heterocycles. The Labute approximate surface area is 159 Å². The summed E-state index contributed by atoms with van der Waals surface area (Å²) in [6, 6.07) is 11.7. The summed E-state index contributed by atoms with van der Waals surface area (Å²) in [5.41, 5.74) is 6.68. The van der Waals surface area contributed by atoms with Crippen LogP contribution in [0.25, 0.3) is 0 Å². The lowest BCUT2D eigenvalue weighted by Crippen LogP contribution is -2.17. The van der Waals surface area contributed by atoms with Crippen LogP contribution in [0.15, 0.2) is 40.4 Å². The Morgan fingerprint density at radius 1 is 1.30 bits per heavy atom. The normalized spacial score (nSPS) is 14.0. The summed E-state index contributed by atoms with van der Waals surface area (Å²) in [4.78, 5) is 20.0. The number of hydrogen-bond acceptors (Lipinski definition) is 5. The minimum atomic E-state index is -0.0838. The van der Waals surface area contributed by atoms with Crippen molar-refractivity contribution < 1.29 is 4.79 Å². The number of hydrogen-bond donors (Lipinski definition) is 2. The highest BCUT2D eigenvalue weighted by atomic mass is 16.1. The van der Waals surface area contributed by atoms with E-state index in [0.717, 1.165) is 49.0 Å². The SMILES string of the molecule is CCCC(=O)C(C=Nc1[nH]c2c(c1C#N)CCCC2)=NNc1ccccc1. The molecule has 6 nitrogen and oxygen atoms in total. The highest BCUT2D eigenvalue weighted by Crippen LogP contribution is 2.30. The summed E-state index contributed by atoms with van der Waals surface area (Å²) in [6.07, 6.45) is 6.62. The number of carbonyl (C=O) groups is 1. The monoisotopic (exact) mass is 361 g/mol. The average molecular weight is 361 g/mol. The molecule has 1 aromatic carbocycles. The Kier molecular flexibility index (Phi) is 6.16. The third-order valence-corrected chi connectivity index (χ3v) is 4.55. The van der Waals surface area contributed by atoms with Crippen LogP contribution in [0.2, 0.25) is 0 Å². The van der Waals surface area contributed by atoms with E-state index in [-0.39, 0.29) is 11.5 Å². The summed E-state index contributed by atoms with van der Waals surface area (Å²) in [5.74, 6) is 0.431. The molecule has 0 saturated heterocycles. The third-order valence-electron chi connectivity index (χ3n) is 4.55. The lowest BCUT2D eigenvalue weighted by molar-refractivity contribution is -0.112. The van der Waals surface area contributed by atoms with Gasteiger partial charge >= 0.3 is 0 Å². The van der Waals surface area contributed by atoms with Gasteiger partial charge in [-0.15, -0.1) is 0 Å². The van der Waals surface area contributed by atoms with Crippen LogP contribution < -0.4 is 5.43 Å². The van der Waals surface area contributed by atoms with Crippen molar-refractivity contribution in [3.8, 4) is 6.07 Å². The van der Waals surface area contributed by atoms with Crippen LogP contribution in [0, 0.1) is 11.3 Å². The van der Waals surface area contributed by atoms with Gasteiger partial charge in [-0.3, -0.25) is 10.2 Å². The Morgan fingerprint density at radius 2 is 2.07 bits per heavy atom. The number of anilines is 1. The van der Waals surface area contributed by atoms with E-state index in [1.54, 1.807) is 0 Å². The van der Waals surface area contributed by atoms with Crippen LogP contribution in [0.5, 0.6) is 0 Å². The predicted molar refractivity (Wildman–Crippen MR) is 108 cm³/mol. The topological polar surface area (TPSA) is 93.4 Å². The Hall–Kier alpha value is -3.20. The number of hydrazone groups is 1. The van der Waals surface area contributed by atoms with Gasteiger partial charge in [-0.2, -0.15) is 10.4 Å². The molecule has 2 aromatic rings. The molecule has 3 rings (SSSR count). The van der Waals surface area contributed by atoms with E-state index in [4.69, 9.17) is 0 Å². The predicted octanol–water partition coefficient (Wildman–Crippen LogP) is 4.30. The molecule has 0 atom stereocenters. The maximum Gasteiger partial charge on any atom is 0.184 e. The second-order valence-corrected chi connectivity index (χ2v) is 6.53. The second kappa shape index (κ2) is 8.95. The molecule has 0 spiro atoms. The smallest absolute Gasteiger partial charge is 0.184 e. The number of aryl methyl sites for hydroxylation is 1. The summed E-state index contributed by atoms with van der Waals surface area (Å²) >= 11 is 0. The number of rotatable bonds is 7. The fourth-order valence-corrected chi connectivity index (χ4v) is 3.17. The fourth-order valence-electron chi connectivity index (χ4n) is 3.17. The van der Waals surface area contributed by atoms with Crippen molar-refractivity contribution in [1.82, 2.24) is 4.98 Å². The maximum atomic E-state index is 12.4. The molecule has 0 fully saturated rings. The molecule has 138 valence electrons. The number of nitrogens with zero attached hydrogens (tertiary/aromatic N) is 3. The highest BCUT2D eigenvalue weighted by molar-refractivity contribution is 6.61. The molecule has 6 heteroatoms. The zero-order valence-electron chi connectivity index (χ0n) is 15.5. The van der Waals surface area contributed by atoms with Crippen LogP contribution in [-0.4, -0.2) is 22.7 Å². The molecule has 0 radical (unpaired) electrons. The minimum Gasteiger partial charge on any atom is -0.342 e. The first kappa shape index (κ1) is 18.6. The number of ketones is 1. The van der Waals surface area contributed by atoms with Gasteiger partial charge in [-0.05, 0) is 49.8 Å². The van der Waals surface area contributed by atoms with Gasteiger partial charge in [-0.25, -0.2) is 4.99 Å². The lowest BCUT2D eigenvalue weighted by atomic mass is 9.95. The lowest BCUT2D eigenvalue weighted by Gasteiger charge is -2.09. The summed E-state index contributed by atoms with van der Waals surface area (Å²) < 4.78 is 0. The molecular formula is C21H23N5O. The van der Waals surface area contributed by atoms with E-state index in [1.165, 1.54) is 6.21 Å². The van der Waals surface area contributed by atoms with Crippen molar-refractivity contribution in [2.45, 2.75) is 45.4 Å². The van der Waals surface area contributed by atoms with Gasteiger partial charge in [0.15, 0.2) is 5.78 Å². The third kappa shape index (κ3) is 4.50. The fraction of sp³-hybridized carbons (Fsp3) is 0.333. The molecule has 0 amide bonds. The van der Waals surface area contributed by atoms with Crippen LogP contribution in [0.4, 0.5) is 11.5 Å². The van der Waals surface area contributed by atoms with E-state index in [2.05, 4.69) is 26.6 Å². The number of nitrogens with one attached hydrogen (secondary N) is 2. The number of aromatic amines is 1. The molecular weight excluding hydrogens is 338 g/mol. The molecule has 0 saturated carbocycles. The number of carbonyl (C=O) groups excluding carboxylic acids is 1. The first-order chi connectivity index (χ1) is 13.2. The first-order valence-corrected chi connectivity index (χ1v) is 9.32. The van der Waals surface area contributed by atoms with Crippen molar-refractivity contribution in [2.75, 3.05) is 5.43 Å². The Morgan fingerprint density at radius 3 is 2.81 bits per heavy atom. The zero-order valence-corrected chi connectivity index (χ0v) is 15.5. The van der Waals surface area contributed by atoms with Crippen molar-refractivity contribution >= 4 is 29.2 Å². The van der Waals surface area contributed by atoms with Crippen molar-refractivity contribution in [2.24, 2.45) is 10.1 Å². The number of fused-ring (bicyclic) bond motifs is 1. The molecule has 0 bridgehead atoms. The number of para-hydroxylation sites is 1.